The summed E-state index contributed by atoms with van der Waals surface area (Å²) in [6, 6.07) is 6.45. The maximum Gasteiger partial charge on any atom is 0.257 e. The molecule has 4 rings (SSSR count). The Morgan fingerprint density at radius 2 is 2.00 bits per heavy atom. The standard InChI is InChI=1S/C25H32F2N4O2/c1-24(23(28)33,21-9-7-18(14-29-21)13-17-5-3-2-4-6-17)31-12-11-25(26,27)20(16-31)19-8-10-22(32)30-15-19/h7-10,14-15,17,20H,2-6,11-13,16H2,1H3,(H2,28,33)(H,30,32)/t20-,24?/m1/s1. The molecule has 2 aliphatic rings. The van der Waals surface area contributed by atoms with Gasteiger partial charge < -0.3 is 10.7 Å². The largest absolute Gasteiger partial charge is 0.368 e. The van der Waals surface area contributed by atoms with Crippen molar-refractivity contribution in [2.75, 3.05) is 13.1 Å². The number of hydrogen-bond acceptors (Lipinski definition) is 4. The number of hydrogen-bond donors (Lipinski definition) is 2. The summed E-state index contributed by atoms with van der Waals surface area (Å²) in [5, 5.41) is 0. The van der Waals surface area contributed by atoms with Crippen molar-refractivity contribution in [1.29, 1.82) is 0 Å². The maximum atomic E-state index is 14.8. The van der Waals surface area contributed by atoms with Crippen molar-refractivity contribution in [2.24, 2.45) is 11.7 Å². The van der Waals surface area contributed by atoms with E-state index >= 15 is 0 Å². The molecule has 33 heavy (non-hydrogen) atoms. The lowest BCUT2D eigenvalue weighted by molar-refractivity contribution is -0.139. The zero-order valence-corrected chi connectivity index (χ0v) is 19.0. The fourth-order valence-corrected chi connectivity index (χ4v) is 5.30. The van der Waals surface area contributed by atoms with Crippen molar-refractivity contribution < 1.29 is 13.6 Å². The molecule has 2 atom stereocenters. The van der Waals surface area contributed by atoms with E-state index in [1.165, 1.54) is 50.4 Å². The molecule has 3 N–H and O–H groups in total. The molecule has 178 valence electrons. The summed E-state index contributed by atoms with van der Waals surface area (Å²) >= 11 is 0. The third-order valence-corrected chi connectivity index (χ3v) is 7.52. The van der Waals surface area contributed by atoms with Crippen LogP contribution in [0.3, 0.4) is 0 Å². The molecule has 2 fully saturated rings. The van der Waals surface area contributed by atoms with Crippen molar-refractivity contribution in [3.05, 3.63) is 63.8 Å². The highest BCUT2D eigenvalue weighted by atomic mass is 19.3. The SMILES string of the molecule is CC(C(N)=O)(c1ccc(CC2CCCCC2)cn1)N1CCC(F)(F)[C@@H](c2ccc(=O)[nH]c2)C1. The zero-order chi connectivity index (χ0) is 23.6. The van der Waals surface area contributed by atoms with Gasteiger partial charge in [-0.1, -0.05) is 44.2 Å². The summed E-state index contributed by atoms with van der Waals surface area (Å²) in [6.07, 6.45) is 9.97. The molecular formula is C25H32F2N4O2. The molecule has 2 aromatic rings. The lowest BCUT2D eigenvalue weighted by Crippen LogP contribution is -2.59. The first-order valence-corrected chi connectivity index (χ1v) is 11.8. The lowest BCUT2D eigenvalue weighted by Gasteiger charge is -2.46. The number of likely N-dealkylation sites (tertiary alicyclic amines) is 1. The van der Waals surface area contributed by atoms with Crippen LogP contribution in [0.4, 0.5) is 8.78 Å². The first-order valence-electron chi connectivity index (χ1n) is 11.8. The number of nitrogens with zero attached hydrogens (tertiary/aromatic N) is 2. The van der Waals surface area contributed by atoms with E-state index in [1.54, 1.807) is 18.0 Å². The summed E-state index contributed by atoms with van der Waals surface area (Å²) in [4.78, 5) is 32.8. The number of aromatic amines is 1. The summed E-state index contributed by atoms with van der Waals surface area (Å²) < 4.78 is 29.7. The Morgan fingerprint density at radius 3 is 2.61 bits per heavy atom. The summed E-state index contributed by atoms with van der Waals surface area (Å²) in [5.74, 6) is -4.10. The zero-order valence-electron chi connectivity index (χ0n) is 19.0. The number of nitrogens with one attached hydrogen (secondary N) is 1. The van der Waals surface area contributed by atoms with Crippen LogP contribution in [0.15, 0.2) is 41.5 Å². The molecule has 0 radical (unpaired) electrons. The fourth-order valence-electron chi connectivity index (χ4n) is 5.30. The summed E-state index contributed by atoms with van der Waals surface area (Å²) in [6.45, 7) is 1.59. The Balaban J connectivity index is 1.58. The van der Waals surface area contributed by atoms with Gasteiger partial charge in [0, 0.05) is 38.0 Å². The molecule has 1 aliphatic carbocycles. The van der Waals surface area contributed by atoms with E-state index in [-0.39, 0.29) is 18.6 Å². The number of rotatable bonds is 6. The number of aromatic nitrogens is 2. The molecule has 2 aromatic heterocycles. The number of halogens is 2. The number of piperidine rings is 1. The maximum absolute atomic E-state index is 14.8. The van der Waals surface area contributed by atoms with Gasteiger partial charge in [0.2, 0.25) is 11.5 Å². The second-order valence-electron chi connectivity index (χ2n) is 9.69. The number of H-pyrrole nitrogens is 1. The highest BCUT2D eigenvalue weighted by molar-refractivity contribution is 5.85. The number of carbonyl (C=O) groups excluding carboxylic acids is 1. The molecule has 3 heterocycles. The average molecular weight is 459 g/mol. The van der Waals surface area contributed by atoms with Crippen LogP contribution in [-0.4, -0.2) is 39.8 Å². The number of carbonyl (C=O) groups is 1. The third kappa shape index (κ3) is 4.86. The van der Waals surface area contributed by atoms with Crippen LogP contribution in [0.1, 0.15) is 68.2 Å². The van der Waals surface area contributed by atoms with Crippen molar-refractivity contribution in [3.8, 4) is 0 Å². The first kappa shape index (κ1) is 23.5. The van der Waals surface area contributed by atoms with Crippen LogP contribution in [0.25, 0.3) is 0 Å². The Bertz CT molecular complexity index is 1010. The van der Waals surface area contributed by atoms with Crippen molar-refractivity contribution in [2.45, 2.75) is 69.2 Å². The molecule has 8 heteroatoms. The van der Waals surface area contributed by atoms with Gasteiger partial charge in [0.1, 0.15) is 5.54 Å². The smallest absolute Gasteiger partial charge is 0.257 e. The second kappa shape index (κ2) is 9.33. The molecule has 1 unspecified atom stereocenters. The van der Waals surface area contributed by atoms with Gasteiger partial charge in [0.25, 0.3) is 5.92 Å². The average Bonchev–Trinajstić information content (AvgIpc) is 2.80. The molecule has 6 nitrogen and oxygen atoms in total. The molecule has 0 spiro atoms. The number of amides is 1. The van der Waals surface area contributed by atoms with E-state index in [1.807, 2.05) is 12.1 Å². The Morgan fingerprint density at radius 1 is 1.24 bits per heavy atom. The van der Waals surface area contributed by atoms with E-state index < -0.39 is 29.7 Å². The third-order valence-electron chi connectivity index (χ3n) is 7.52. The van der Waals surface area contributed by atoms with Crippen LogP contribution >= 0.6 is 0 Å². The van der Waals surface area contributed by atoms with Gasteiger partial charge in [0.15, 0.2) is 0 Å². The predicted octanol–water partition coefficient (Wildman–Crippen LogP) is 3.72. The number of alkyl halides is 2. The molecule has 1 aliphatic heterocycles. The predicted molar refractivity (Wildman–Crippen MR) is 122 cm³/mol. The van der Waals surface area contributed by atoms with Gasteiger partial charge in [-0.05, 0) is 36.5 Å². The minimum absolute atomic E-state index is 0.0117. The van der Waals surface area contributed by atoms with Crippen LogP contribution in [-0.2, 0) is 16.8 Å². The Hall–Kier alpha value is -2.61. The van der Waals surface area contributed by atoms with E-state index in [2.05, 4.69) is 9.97 Å². The van der Waals surface area contributed by atoms with Gasteiger partial charge in [-0.2, -0.15) is 0 Å². The minimum atomic E-state index is -2.97. The van der Waals surface area contributed by atoms with Gasteiger partial charge in [0.05, 0.1) is 11.6 Å². The van der Waals surface area contributed by atoms with E-state index in [0.717, 1.165) is 12.0 Å². The van der Waals surface area contributed by atoms with Crippen LogP contribution < -0.4 is 11.3 Å². The molecule has 0 aromatic carbocycles. The minimum Gasteiger partial charge on any atom is -0.368 e. The van der Waals surface area contributed by atoms with Crippen LogP contribution in [0, 0.1) is 5.92 Å². The molecular weight excluding hydrogens is 426 g/mol. The van der Waals surface area contributed by atoms with Gasteiger partial charge >= 0.3 is 0 Å². The highest BCUT2D eigenvalue weighted by Gasteiger charge is 2.51. The monoisotopic (exact) mass is 458 g/mol. The normalized spacial score (nSPS) is 23.7. The van der Waals surface area contributed by atoms with E-state index in [0.29, 0.717) is 17.2 Å². The number of pyridine rings is 2. The first-order chi connectivity index (χ1) is 15.7. The highest BCUT2D eigenvalue weighted by Crippen LogP contribution is 2.43. The summed E-state index contributed by atoms with van der Waals surface area (Å²) in [5.41, 5.74) is 6.08. The number of primary amides is 1. The topological polar surface area (TPSA) is 92.1 Å². The van der Waals surface area contributed by atoms with Gasteiger partial charge in [-0.25, -0.2) is 8.78 Å². The van der Waals surface area contributed by atoms with Gasteiger partial charge in [-0.3, -0.25) is 19.5 Å². The molecule has 1 saturated carbocycles. The molecule has 0 bridgehead atoms. The summed E-state index contributed by atoms with van der Waals surface area (Å²) in [7, 11) is 0. The van der Waals surface area contributed by atoms with E-state index in [9.17, 15) is 18.4 Å². The van der Waals surface area contributed by atoms with Crippen LogP contribution in [0.5, 0.6) is 0 Å². The Kier molecular flexibility index (Phi) is 6.66. The fraction of sp³-hybridized carbons (Fsp3) is 0.560. The number of nitrogens with two attached hydrogens (primary N) is 1. The van der Waals surface area contributed by atoms with Crippen molar-refractivity contribution in [3.63, 3.8) is 0 Å². The molecule has 1 saturated heterocycles. The van der Waals surface area contributed by atoms with Gasteiger partial charge in [-0.15, -0.1) is 0 Å². The second-order valence-corrected chi connectivity index (χ2v) is 9.69. The lowest BCUT2D eigenvalue weighted by atomic mass is 9.83. The molecule has 1 amide bonds. The van der Waals surface area contributed by atoms with E-state index in [4.69, 9.17) is 5.73 Å². The quantitative estimate of drug-likeness (QED) is 0.690. The van der Waals surface area contributed by atoms with Crippen molar-refractivity contribution >= 4 is 5.91 Å². The Labute approximate surface area is 192 Å². The van der Waals surface area contributed by atoms with Crippen LogP contribution in [0.2, 0.25) is 0 Å². The van der Waals surface area contributed by atoms with Crippen molar-refractivity contribution in [1.82, 2.24) is 14.9 Å².